The van der Waals surface area contributed by atoms with Crippen LogP contribution in [0, 0.1) is 0 Å². The molecule has 0 aliphatic carbocycles. The van der Waals surface area contributed by atoms with Crippen molar-refractivity contribution < 1.29 is 5.11 Å². The molecule has 2 unspecified atom stereocenters. The fourth-order valence-electron chi connectivity index (χ4n) is 2.75. The quantitative estimate of drug-likeness (QED) is 0.628. The maximum Gasteiger partial charge on any atom is 0.0587 e. The smallest absolute Gasteiger partial charge is 0.0587 e. The topological polar surface area (TPSA) is 26.7 Å². The van der Waals surface area contributed by atoms with Crippen molar-refractivity contribution >= 4 is 0 Å². The molecule has 76 valence electrons. The van der Waals surface area contributed by atoms with E-state index < -0.39 is 0 Å². The number of aliphatic hydroxyl groups excluding tert-OH is 1. The Morgan fingerprint density at radius 1 is 1.31 bits per heavy atom. The van der Waals surface area contributed by atoms with E-state index >= 15 is 0 Å². The number of likely N-dealkylation sites (N-methyl/N-ethyl adjacent to an activating group) is 1. The van der Waals surface area contributed by atoms with E-state index in [2.05, 4.69) is 16.8 Å². The van der Waals surface area contributed by atoms with E-state index in [0.29, 0.717) is 18.7 Å². The van der Waals surface area contributed by atoms with Gasteiger partial charge in [-0.05, 0) is 32.9 Å². The van der Waals surface area contributed by atoms with E-state index in [1.807, 2.05) is 0 Å². The minimum atomic E-state index is 0.347. The summed E-state index contributed by atoms with van der Waals surface area (Å²) in [4.78, 5) is 4.94. The molecule has 0 saturated carbocycles. The molecule has 3 nitrogen and oxygen atoms in total. The Balaban J connectivity index is 2.00. The molecule has 3 heteroatoms. The summed E-state index contributed by atoms with van der Waals surface area (Å²) in [6.07, 6.45) is 3.72. The van der Waals surface area contributed by atoms with Gasteiger partial charge in [-0.2, -0.15) is 0 Å². The van der Waals surface area contributed by atoms with E-state index in [0.717, 1.165) is 0 Å². The third-order valence-electron chi connectivity index (χ3n) is 3.46. The van der Waals surface area contributed by atoms with Crippen LogP contribution in [0.2, 0.25) is 0 Å². The highest BCUT2D eigenvalue weighted by atomic mass is 16.3. The molecule has 0 aromatic heterocycles. The van der Waals surface area contributed by atoms with E-state index in [1.54, 1.807) is 0 Å². The lowest BCUT2D eigenvalue weighted by Crippen LogP contribution is -2.40. The molecule has 2 rings (SSSR count). The summed E-state index contributed by atoms with van der Waals surface area (Å²) in [5, 5.41) is 9.21. The molecule has 0 spiro atoms. The summed E-state index contributed by atoms with van der Waals surface area (Å²) in [6, 6.07) is 1.17. The van der Waals surface area contributed by atoms with Gasteiger partial charge in [0.2, 0.25) is 0 Å². The predicted molar refractivity (Wildman–Crippen MR) is 52.7 cm³/mol. The zero-order chi connectivity index (χ0) is 9.26. The number of hydrogen-bond donors (Lipinski definition) is 1. The van der Waals surface area contributed by atoms with Gasteiger partial charge in [-0.1, -0.05) is 0 Å². The van der Waals surface area contributed by atoms with E-state index in [-0.39, 0.29) is 0 Å². The van der Waals surface area contributed by atoms with Crippen LogP contribution in [0.1, 0.15) is 19.3 Å². The Kier molecular flexibility index (Phi) is 2.86. The molecule has 0 aromatic carbocycles. The second-order valence-corrected chi connectivity index (χ2v) is 4.42. The van der Waals surface area contributed by atoms with Crippen LogP contribution >= 0.6 is 0 Å². The molecular formula is C10H20N2O. The van der Waals surface area contributed by atoms with Crippen LogP contribution in [0.15, 0.2) is 0 Å². The molecule has 2 saturated heterocycles. The van der Waals surface area contributed by atoms with Crippen LogP contribution < -0.4 is 0 Å². The van der Waals surface area contributed by atoms with Gasteiger partial charge in [-0.15, -0.1) is 0 Å². The summed E-state index contributed by atoms with van der Waals surface area (Å²) in [5.41, 5.74) is 0. The fraction of sp³-hybridized carbons (Fsp3) is 1.00. The maximum absolute atomic E-state index is 9.21. The molecule has 0 amide bonds. The van der Waals surface area contributed by atoms with Gasteiger partial charge in [0.15, 0.2) is 0 Å². The fourth-order valence-corrected chi connectivity index (χ4v) is 2.75. The van der Waals surface area contributed by atoms with Crippen LogP contribution in [0.4, 0.5) is 0 Å². The normalized spacial score (nSPS) is 37.4. The van der Waals surface area contributed by atoms with Crippen LogP contribution in [-0.4, -0.2) is 60.3 Å². The Morgan fingerprint density at radius 2 is 2.15 bits per heavy atom. The number of aliphatic hydroxyl groups is 1. The summed E-state index contributed by atoms with van der Waals surface area (Å²) in [5.74, 6) is 0. The Labute approximate surface area is 80.3 Å². The second kappa shape index (κ2) is 3.95. The van der Waals surface area contributed by atoms with Crippen molar-refractivity contribution in [1.82, 2.24) is 9.80 Å². The average molecular weight is 184 g/mol. The largest absolute Gasteiger partial charge is 0.395 e. The van der Waals surface area contributed by atoms with Crippen LogP contribution in [-0.2, 0) is 0 Å². The first-order valence-electron chi connectivity index (χ1n) is 5.36. The van der Waals surface area contributed by atoms with Gasteiger partial charge in [-0.3, -0.25) is 4.90 Å². The molecule has 2 aliphatic rings. The first-order valence-corrected chi connectivity index (χ1v) is 5.36. The lowest BCUT2D eigenvalue weighted by atomic mass is 10.2. The maximum atomic E-state index is 9.21. The molecule has 2 aliphatic heterocycles. The minimum Gasteiger partial charge on any atom is -0.395 e. The number of fused-ring (bicyclic) bond motifs is 1. The average Bonchev–Trinajstić information content (AvgIpc) is 2.39. The monoisotopic (exact) mass is 184 g/mol. The molecule has 2 atom stereocenters. The zero-order valence-electron chi connectivity index (χ0n) is 8.45. The highest BCUT2D eigenvalue weighted by molar-refractivity contribution is 4.90. The van der Waals surface area contributed by atoms with Crippen molar-refractivity contribution in [2.75, 3.05) is 33.3 Å². The summed E-state index contributed by atoms with van der Waals surface area (Å²) in [6.45, 7) is 3.93. The van der Waals surface area contributed by atoms with Gasteiger partial charge < -0.3 is 10.0 Å². The SMILES string of the molecule is CN1CCCN2C(CO)CCC2C1. The second-order valence-electron chi connectivity index (χ2n) is 4.42. The number of rotatable bonds is 1. The van der Waals surface area contributed by atoms with Crippen molar-refractivity contribution in [3.63, 3.8) is 0 Å². The van der Waals surface area contributed by atoms with Crippen molar-refractivity contribution in [2.24, 2.45) is 0 Å². The van der Waals surface area contributed by atoms with E-state index in [4.69, 9.17) is 0 Å². The van der Waals surface area contributed by atoms with Crippen molar-refractivity contribution in [1.29, 1.82) is 0 Å². The van der Waals surface area contributed by atoms with E-state index in [1.165, 1.54) is 38.9 Å². The van der Waals surface area contributed by atoms with Gasteiger partial charge >= 0.3 is 0 Å². The molecule has 1 N–H and O–H groups in total. The summed E-state index contributed by atoms with van der Waals surface area (Å²) >= 11 is 0. The highest BCUT2D eigenvalue weighted by Crippen LogP contribution is 2.26. The third kappa shape index (κ3) is 1.87. The van der Waals surface area contributed by atoms with Crippen molar-refractivity contribution in [2.45, 2.75) is 31.3 Å². The van der Waals surface area contributed by atoms with Gasteiger partial charge in [0.25, 0.3) is 0 Å². The van der Waals surface area contributed by atoms with Crippen LogP contribution in [0.25, 0.3) is 0 Å². The summed E-state index contributed by atoms with van der Waals surface area (Å²) in [7, 11) is 2.20. The predicted octanol–water partition coefficient (Wildman–Crippen LogP) is 0.147. The lowest BCUT2D eigenvalue weighted by Gasteiger charge is -2.27. The lowest BCUT2D eigenvalue weighted by molar-refractivity contribution is 0.131. The summed E-state index contributed by atoms with van der Waals surface area (Å²) < 4.78 is 0. The molecule has 13 heavy (non-hydrogen) atoms. The molecule has 2 fully saturated rings. The van der Waals surface area contributed by atoms with Crippen LogP contribution in [0.3, 0.4) is 0 Å². The molecule has 0 bridgehead atoms. The standard InChI is InChI=1S/C10H20N2O/c1-11-5-2-6-12-9(7-11)3-4-10(12)8-13/h9-10,13H,2-8H2,1H3. The van der Waals surface area contributed by atoms with Gasteiger partial charge in [0, 0.05) is 25.2 Å². The molecule has 2 heterocycles. The number of nitrogens with zero attached hydrogens (tertiary/aromatic N) is 2. The van der Waals surface area contributed by atoms with E-state index in [9.17, 15) is 5.11 Å². The minimum absolute atomic E-state index is 0.347. The van der Waals surface area contributed by atoms with Crippen molar-refractivity contribution in [3.05, 3.63) is 0 Å². The molecule has 0 aromatic rings. The molecule has 0 radical (unpaired) electrons. The first kappa shape index (κ1) is 9.44. The Bertz CT molecular complexity index is 174. The van der Waals surface area contributed by atoms with Gasteiger partial charge in [-0.25, -0.2) is 0 Å². The third-order valence-corrected chi connectivity index (χ3v) is 3.46. The van der Waals surface area contributed by atoms with Gasteiger partial charge in [0.05, 0.1) is 6.61 Å². The zero-order valence-corrected chi connectivity index (χ0v) is 8.45. The number of hydrogen-bond acceptors (Lipinski definition) is 3. The Hall–Kier alpha value is -0.120. The van der Waals surface area contributed by atoms with Crippen molar-refractivity contribution in [3.8, 4) is 0 Å². The molecular weight excluding hydrogens is 164 g/mol. The highest BCUT2D eigenvalue weighted by Gasteiger charge is 2.34. The van der Waals surface area contributed by atoms with Gasteiger partial charge in [0.1, 0.15) is 0 Å². The first-order chi connectivity index (χ1) is 6.31. The Morgan fingerprint density at radius 3 is 2.92 bits per heavy atom. The van der Waals surface area contributed by atoms with Crippen LogP contribution in [0.5, 0.6) is 0 Å².